The van der Waals surface area contributed by atoms with Gasteiger partial charge in [0.25, 0.3) is 0 Å². The maximum Gasteiger partial charge on any atom is 0.138 e. The summed E-state index contributed by atoms with van der Waals surface area (Å²) in [5, 5.41) is 3.17. The van der Waals surface area contributed by atoms with Crippen molar-refractivity contribution in [2.45, 2.75) is 64.8 Å². The lowest BCUT2D eigenvalue weighted by atomic mass is 9.95. The zero-order valence-corrected chi connectivity index (χ0v) is 13.5. The average molecular weight is 276 g/mol. The lowest BCUT2D eigenvalue weighted by Gasteiger charge is -2.36. The Morgan fingerprint density at radius 1 is 1.30 bits per heavy atom. The van der Waals surface area contributed by atoms with Crippen LogP contribution in [-0.4, -0.2) is 29.6 Å². The molecular formula is C16H28N4. The van der Waals surface area contributed by atoms with Gasteiger partial charge in [0.2, 0.25) is 0 Å². The van der Waals surface area contributed by atoms with Gasteiger partial charge in [0.15, 0.2) is 0 Å². The van der Waals surface area contributed by atoms with Crippen LogP contribution in [0.3, 0.4) is 0 Å². The third kappa shape index (κ3) is 3.22. The van der Waals surface area contributed by atoms with E-state index in [1.807, 2.05) is 7.05 Å². The number of piperidine rings is 1. The minimum absolute atomic E-state index is 0.0287. The lowest BCUT2D eigenvalue weighted by Crippen LogP contribution is -2.40. The smallest absolute Gasteiger partial charge is 0.138 e. The van der Waals surface area contributed by atoms with Gasteiger partial charge in [0.05, 0.1) is 0 Å². The van der Waals surface area contributed by atoms with Crippen LogP contribution in [0.15, 0.2) is 6.07 Å². The van der Waals surface area contributed by atoms with Gasteiger partial charge in [0, 0.05) is 31.1 Å². The van der Waals surface area contributed by atoms with Crippen molar-refractivity contribution >= 4 is 11.6 Å². The number of aromatic nitrogens is 2. The van der Waals surface area contributed by atoms with Gasteiger partial charge in [-0.25, -0.2) is 9.97 Å². The third-order valence-electron chi connectivity index (χ3n) is 4.03. The first-order chi connectivity index (χ1) is 9.45. The van der Waals surface area contributed by atoms with E-state index in [0.29, 0.717) is 6.04 Å². The number of rotatable bonds is 3. The van der Waals surface area contributed by atoms with Crippen molar-refractivity contribution in [1.29, 1.82) is 0 Å². The fourth-order valence-corrected chi connectivity index (χ4v) is 2.77. The molecule has 1 atom stereocenters. The number of nitrogens with one attached hydrogen (secondary N) is 1. The maximum absolute atomic E-state index is 4.85. The third-order valence-corrected chi connectivity index (χ3v) is 4.03. The molecule has 4 nitrogen and oxygen atoms in total. The predicted molar refractivity (Wildman–Crippen MR) is 85.6 cm³/mol. The fourth-order valence-electron chi connectivity index (χ4n) is 2.77. The molecule has 1 aromatic rings. The van der Waals surface area contributed by atoms with E-state index in [-0.39, 0.29) is 5.41 Å². The number of hydrogen-bond acceptors (Lipinski definition) is 4. The molecule has 0 amide bonds. The number of nitrogens with zero attached hydrogens (tertiary/aromatic N) is 3. The van der Waals surface area contributed by atoms with E-state index in [0.717, 1.165) is 24.0 Å². The summed E-state index contributed by atoms with van der Waals surface area (Å²) in [5.74, 6) is 2.92. The summed E-state index contributed by atoms with van der Waals surface area (Å²) >= 11 is 0. The van der Waals surface area contributed by atoms with Gasteiger partial charge in [0.1, 0.15) is 17.5 Å². The largest absolute Gasteiger partial charge is 0.373 e. The summed E-state index contributed by atoms with van der Waals surface area (Å²) in [6.45, 7) is 9.88. The van der Waals surface area contributed by atoms with Crippen LogP contribution in [0.4, 0.5) is 11.6 Å². The Bertz CT molecular complexity index is 450. The van der Waals surface area contributed by atoms with Crippen LogP contribution >= 0.6 is 0 Å². The van der Waals surface area contributed by atoms with Gasteiger partial charge in [-0.3, -0.25) is 0 Å². The zero-order chi connectivity index (χ0) is 14.8. The Morgan fingerprint density at radius 2 is 2.05 bits per heavy atom. The Labute approximate surface area is 123 Å². The minimum atomic E-state index is -0.0287. The van der Waals surface area contributed by atoms with Crippen molar-refractivity contribution in [2.24, 2.45) is 0 Å². The molecule has 1 aromatic heterocycles. The molecule has 1 fully saturated rings. The van der Waals surface area contributed by atoms with Gasteiger partial charge in [-0.2, -0.15) is 0 Å². The highest BCUT2D eigenvalue weighted by molar-refractivity contribution is 5.50. The molecule has 0 radical (unpaired) electrons. The molecule has 0 bridgehead atoms. The summed E-state index contributed by atoms with van der Waals surface area (Å²) in [7, 11) is 1.92. The van der Waals surface area contributed by atoms with Crippen LogP contribution in [0.25, 0.3) is 0 Å². The van der Waals surface area contributed by atoms with Crippen molar-refractivity contribution in [2.75, 3.05) is 23.8 Å². The first-order valence-corrected chi connectivity index (χ1v) is 7.79. The predicted octanol–water partition coefficient (Wildman–Crippen LogP) is 3.58. The average Bonchev–Trinajstić information content (AvgIpc) is 2.45. The van der Waals surface area contributed by atoms with E-state index in [1.165, 1.54) is 25.7 Å². The number of hydrogen-bond donors (Lipinski definition) is 1. The molecule has 20 heavy (non-hydrogen) atoms. The second-order valence-electron chi connectivity index (χ2n) is 6.69. The Balaban J connectivity index is 2.39. The summed E-state index contributed by atoms with van der Waals surface area (Å²) in [4.78, 5) is 11.9. The van der Waals surface area contributed by atoms with Crippen molar-refractivity contribution in [3.05, 3.63) is 11.9 Å². The highest BCUT2D eigenvalue weighted by Crippen LogP contribution is 2.29. The SMILES string of the molecule is CCC1CCCCN1c1cc(NC)nc(C(C)(C)C)n1. The van der Waals surface area contributed by atoms with E-state index < -0.39 is 0 Å². The molecule has 2 heterocycles. The van der Waals surface area contributed by atoms with Crippen LogP contribution in [0.2, 0.25) is 0 Å². The molecule has 112 valence electrons. The van der Waals surface area contributed by atoms with Crippen LogP contribution < -0.4 is 10.2 Å². The van der Waals surface area contributed by atoms with Crippen molar-refractivity contribution in [3.8, 4) is 0 Å². The van der Waals surface area contributed by atoms with Gasteiger partial charge in [-0.05, 0) is 25.7 Å². The van der Waals surface area contributed by atoms with Crippen molar-refractivity contribution in [1.82, 2.24) is 9.97 Å². The molecule has 0 saturated carbocycles. The summed E-state index contributed by atoms with van der Waals surface area (Å²) in [5.41, 5.74) is -0.0287. The molecular weight excluding hydrogens is 248 g/mol. The lowest BCUT2D eigenvalue weighted by molar-refractivity contribution is 0.444. The molecule has 1 N–H and O–H groups in total. The highest BCUT2D eigenvalue weighted by atomic mass is 15.2. The van der Waals surface area contributed by atoms with Gasteiger partial charge in [-0.1, -0.05) is 27.7 Å². The van der Waals surface area contributed by atoms with E-state index in [9.17, 15) is 0 Å². The Morgan fingerprint density at radius 3 is 2.65 bits per heavy atom. The molecule has 1 saturated heterocycles. The zero-order valence-electron chi connectivity index (χ0n) is 13.5. The maximum atomic E-state index is 4.85. The molecule has 1 aliphatic heterocycles. The summed E-state index contributed by atoms with van der Waals surface area (Å²) in [6, 6.07) is 2.71. The van der Waals surface area contributed by atoms with Gasteiger partial charge < -0.3 is 10.2 Å². The van der Waals surface area contributed by atoms with Crippen LogP contribution in [0, 0.1) is 0 Å². The normalized spacial score (nSPS) is 20.1. The second-order valence-corrected chi connectivity index (χ2v) is 6.69. The van der Waals surface area contributed by atoms with E-state index in [2.05, 4.69) is 49.0 Å². The molecule has 2 rings (SSSR count). The van der Waals surface area contributed by atoms with Crippen molar-refractivity contribution < 1.29 is 0 Å². The second kappa shape index (κ2) is 5.98. The quantitative estimate of drug-likeness (QED) is 0.916. The van der Waals surface area contributed by atoms with Crippen LogP contribution in [0.5, 0.6) is 0 Å². The molecule has 0 aromatic carbocycles. The molecule has 1 unspecified atom stereocenters. The van der Waals surface area contributed by atoms with E-state index in [4.69, 9.17) is 4.98 Å². The monoisotopic (exact) mass is 276 g/mol. The molecule has 1 aliphatic rings. The summed E-state index contributed by atoms with van der Waals surface area (Å²) in [6.07, 6.45) is 5.06. The van der Waals surface area contributed by atoms with Crippen LogP contribution in [-0.2, 0) is 5.41 Å². The van der Waals surface area contributed by atoms with E-state index in [1.54, 1.807) is 0 Å². The fraction of sp³-hybridized carbons (Fsp3) is 0.750. The standard InChI is InChI=1S/C16H28N4/c1-6-12-9-7-8-10-20(12)14-11-13(17-5)18-15(19-14)16(2,3)4/h11-12H,6-10H2,1-5H3,(H,17,18,19). The number of anilines is 2. The van der Waals surface area contributed by atoms with E-state index >= 15 is 0 Å². The highest BCUT2D eigenvalue weighted by Gasteiger charge is 2.25. The topological polar surface area (TPSA) is 41.0 Å². The molecule has 0 spiro atoms. The van der Waals surface area contributed by atoms with Gasteiger partial charge in [-0.15, -0.1) is 0 Å². The molecule has 4 heteroatoms. The first-order valence-electron chi connectivity index (χ1n) is 7.79. The molecule has 0 aliphatic carbocycles. The van der Waals surface area contributed by atoms with Gasteiger partial charge >= 0.3 is 0 Å². The Hall–Kier alpha value is -1.32. The Kier molecular flexibility index (Phi) is 4.51. The summed E-state index contributed by atoms with van der Waals surface area (Å²) < 4.78 is 0. The van der Waals surface area contributed by atoms with Crippen molar-refractivity contribution in [3.63, 3.8) is 0 Å². The first kappa shape index (κ1) is 15.1. The van der Waals surface area contributed by atoms with Crippen LogP contribution in [0.1, 0.15) is 59.2 Å². The minimum Gasteiger partial charge on any atom is -0.373 e.